The first-order chi connectivity index (χ1) is 8.25. The van der Waals surface area contributed by atoms with Gasteiger partial charge in [0.2, 0.25) is 0 Å². The van der Waals surface area contributed by atoms with E-state index in [9.17, 15) is 4.79 Å². The third-order valence-corrected chi connectivity index (χ3v) is 6.22. The van der Waals surface area contributed by atoms with Gasteiger partial charge in [-0.1, -0.05) is 0 Å². The molecule has 0 radical (unpaired) electrons. The summed E-state index contributed by atoms with van der Waals surface area (Å²) in [4.78, 5) is 12.3. The Morgan fingerprint density at radius 3 is 2.76 bits per heavy atom. The van der Waals surface area contributed by atoms with Gasteiger partial charge in [0.05, 0.1) is 0 Å². The van der Waals surface area contributed by atoms with E-state index in [-0.39, 0.29) is 20.3 Å². The first kappa shape index (κ1) is 11.6. The molecule has 1 aromatic carbocycles. The Hall–Kier alpha value is -0.501. The van der Waals surface area contributed by atoms with Crippen LogP contribution in [0.15, 0.2) is 23.0 Å². The third kappa shape index (κ3) is 2.12. The summed E-state index contributed by atoms with van der Waals surface area (Å²) in [6.45, 7) is 0. The molecule has 0 atom stereocenters. The zero-order chi connectivity index (χ0) is 11.8. The number of rotatable bonds is 1. The van der Waals surface area contributed by atoms with Gasteiger partial charge in [-0.15, -0.1) is 0 Å². The molecule has 0 N–H and O–H groups in total. The zero-order valence-electron chi connectivity index (χ0n) is 9.49. The predicted molar refractivity (Wildman–Crippen MR) is 72.3 cm³/mol. The molecule has 17 heavy (non-hydrogen) atoms. The fraction of sp³-hybridized carbons (Fsp3) is 0.462. The van der Waals surface area contributed by atoms with Gasteiger partial charge in [0.15, 0.2) is 0 Å². The van der Waals surface area contributed by atoms with E-state index in [2.05, 4.69) is 3.56 Å². The SMILES string of the molecule is O=c1c2ccc(Cl)cc2[se]n1C1CCCCC1. The fourth-order valence-corrected chi connectivity index (χ4v) is 5.38. The number of benzene rings is 1. The number of hydrogen-bond donors (Lipinski definition) is 0. The van der Waals surface area contributed by atoms with Crippen LogP contribution in [0.25, 0.3) is 9.65 Å². The van der Waals surface area contributed by atoms with Crippen LogP contribution in [0.1, 0.15) is 38.1 Å². The van der Waals surface area contributed by atoms with Crippen molar-refractivity contribution in [3.63, 3.8) is 0 Å². The van der Waals surface area contributed by atoms with E-state index in [0.29, 0.717) is 6.04 Å². The van der Waals surface area contributed by atoms with Crippen molar-refractivity contribution in [1.82, 2.24) is 3.56 Å². The van der Waals surface area contributed by atoms with Crippen LogP contribution in [0.3, 0.4) is 0 Å². The number of halogens is 1. The summed E-state index contributed by atoms with van der Waals surface area (Å²) in [5.74, 6) is 0. The summed E-state index contributed by atoms with van der Waals surface area (Å²) in [5.41, 5.74) is 0.226. The summed E-state index contributed by atoms with van der Waals surface area (Å²) in [7, 11) is 0. The maximum atomic E-state index is 12.3. The zero-order valence-corrected chi connectivity index (χ0v) is 12.0. The van der Waals surface area contributed by atoms with Crippen LogP contribution in [0.2, 0.25) is 5.02 Å². The Kier molecular flexibility index (Phi) is 3.16. The average Bonchev–Trinajstić information content (AvgIpc) is 2.67. The van der Waals surface area contributed by atoms with Gasteiger partial charge in [-0.05, 0) is 0 Å². The minimum atomic E-state index is 0.138. The van der Waals surface area contributed by atoms with E-state index in [1.54, 1.807) is 0 Å². The molecule has 1 aliphatic carbocycles. The molecule has 1 fully saturated rings. The molecule has 0 unspecified atom stereocenters. The average molecular weight is 315 g/mol. The van der Waals surface area contributed by atoms with Gasteiger partial charge >= 0.3 is 111 Å². The monoisotopic (exact) mass is 315 g/mol. The minimum absolute atomic E-state index is 0.138. The molecule has 0 aliphatic heterocycles. The molecule has 0 bridgehead atoms. The molecular formula is C13H14ClNOSe. The molecule has 4 heteroatoms. The van der Waals surface area contributed by atoms with Crippen LogP contribution in [-0.2, 0) is 0 Å². The van der Waals surface area contributed by atoms with Crippen molar-refractivity contribution in [2.75, 3.05) is 0 Å². The number of nitrogens with zero attached hydrogens (tertiary/aromatic N) is 1. The van der Waals surface area contributed by atoms with Gasteiger partial charge in [0, 0.05) is 0 Å². The van der Waals surface area contributed by atoms with Crippen LogP contribution in [0.5, 0.6) is 0 Å². The second kappa shape index (κ2) is 4.64. The van der Waals surface area contributed by atoms with Crippen LogP contribution < -0.4 is 5.56 Å². The molecule has 3 rings (SSSR count). The molecule has 90 valence electrons. The van der Waals surface area contributed by atoms with Gasteiger partial charge < -0.3 is 0 Å². The fourth-order valence-electron chi connectivity index (χ4n) is 2.57. The molecule has 1 heterocycles. The summed E-state index contributed by atoms with van der Waals surface area (Å²) >= 11 is 6.12. The maximum absolute atomic E-state index is 12.3. The number of fused-ring (bicyclic) bond motifs is 1. The Labute approximate surface area is 111 Å². The van der Waals surface area contributed by atoms with Crippen LogP contribution >= 0.6 is 11.6 Å². The second-order valence-corrected chi connectivity index (χ2v) is 7.22. The molecule has 0 amide bonds. The predicted octanol–water partition coefficient (Wildman–Crippen LogP) is 3.22. The quantitative estimate of drug-likeness (QED) is 0.741. The van der Waals surface area contributed by atoms with Crippen LogP contribution in [0, 0.1) is 0 Å². The van der Waals surface area contributed by atoms with E-state index < -0.39 is 0 Å². The van der Waals surface area contributed by atoms with Crippen molar-refractivity contribution in [3.05, 3.63) is 33.6 Å². The van der Waals surface area contributed by atoms with E-state index in [1.807, 2.05) is 18.2 Å². The van der Waals surface area contributed by atoms with Gasteiger partial charge in [0.25, 0.3) is 0 Å². The Balaban J connectivity index is 2.10. The Morgan fingerprint density at radius 1 is 1.24 bits per heavy atom. The summed E-state index contributed by atoms with van der Waals surface area (Å²) < 4.78 is 3.26. The van der Waals surface area contributed by atoms with Gasteiger partial charge in [0.1, 0.15) is 0 Å². The van der Waals surface area contributed by atoms with Crippen molar-refractivity contribution < 1.29 is 0 Å². The van der Waals surface area contributed by atoms with Crippen molar-refractivity contribution in [3.8, 4) is 0 Å². The number of aromatic nitrogens is 1. The van der Waals surface area contributed by atoms with Gasteiger partial charge in [-0.25, -0.2) is 0 Å². The van der Waals surface area contributed by atoms with Crippen molar-refractivity contribution >= 4 is 36.0 Å². The van der Waals surface area contributed by atoms with E-state index in [4.69, 9.17) is 11.6 Å². The standard InChI is InChI=1S/C13H14ClNOSe/c14-9-6-7-11-12(8-9)17-15(13(11)16)10-4-2-1-3-5-10/h6-8,10H,1-5H2. The molecule has 1 saturated carbocycles. The molecule has 1 aromatic heterocycles. The third-order valence-electron chi connectivity index (χ3n) is 3.48. The van der Waals surface area contributed by atoms with E-state index in [1.165, 1.54) is 32.1 Å². The van der Waals surface area contributed by atoms with Crippen LogP contribution in [0.4, 0.5) is 0 Å². The molecule has 2 nitrogen and oxygen atoms in total. The Bertz CT molecular complexity index is 595. The van der Waals surface area contributed by atoms with Crippen molar-refractivity contribution in [1.29, 1.82) is 0 Å². The second-order valence-electron chi connectivity index (χ2n) is 4.65. The topological polar surface area (TPSA) is 22.0 Å². The molecule has 0 saturated heterocycles. The van der Waals surface area contributed by atoms with Crippen molar-refractivity contribution in [2.45, 2.75) is 38.1 Å². The van der Waals surface area contributed by atoms with E-state index in [0.717, 1.165) is 14.7 Å². The molecule has 2 aromatic rings. The van der Waals surface area contributed by atoms with E-state index >= 15 is 0 Å². The summed E-state index contributed by atoms with van der Waals surface area (Å²) in [6, 6.07) is 6.13. The van der Waals surface area contributed by atoms with Crippen LogP contribution in [-0.4, -0.2) is 18.3 Å². The molecular weight excluding hydrogens is 301 g/mol. The van der Waals surface area contributed by atoms with Gasteiger partial charge in [-0.2, -0.15) is 0 Å². The molecule has 1 aliphatic rings. The van der Waals surface area contributed by atoms with Crippen molar-refractivity contribution in [2.24, 2.45) is 0 Å². The Morgan fingerprint density at radius 2 is 2.00 bits per heavy atom. The summed E-state index contributed by atoms with van der Waals surface area (Å²) in [6.07, 6.45) is 6.21. The molecule has 0 spiro atoms. The number of hydrogen-bond acceptors (Lipinski definition) is 1. The first-order valence-electron chi connectivity index (χ1n) is 6.07. The normalized spacial score (nSPS) is 17.7. The first-order valence-corrected chi connectivity index (χ1v) is 8.07. The summed E-state index contributed by atoms with van der Waals surface area (Å²) in [5, 5.41) is 1.61. The van der Waals surface area contributed by atoms with Gasteiger partial charge in [-0.3, -0.25) is 0 Å².